The van der Waals surface area contributed by atoms with Gasteiger partial charge in [0.2, 0.25) is 11.8 Å². The molecule has 348 valence electrons. The van der Waals surface area contributed by atoms with Crippen LogP contribution in [0.5, 0.6) is 0 Å². The minimum Gasteiger partial charge on any atom is -0.445 e. The number of nitrogens with zero attached hydrogens (tertiary/aromatic N) is 2. The maximum absolute atomic E-state index is 14.5. The summed E-state index contributed by atoms with van der Waals surface area (Å²) in [4.78, 5) is 70.8. The molecule has 5 atom stereocenters. The molecule has 4 rings (SSSR count). The van der Waals surface area contributed by atoms with E-state index in [1.54, 1.807) is 4.90 Å². The van der Waals surface area contributed by atoms with Crippen molar-refractivity contribution >= 4 is 29.5 Å². The number of benzene rings is 2. The Hall–Kier alpha value is -4.55. The highest BCUT2D eigenvalue weighted by molar-refractivity contribution is 5.95. The lowest BCUT2D eigenvalue weighted by atomic mass is 9.78. The minimum atomic E-state index is -0.877. The maximum Gasteiger partial charge on any atom is 0.407 e. The SMILES string of the molecule is C=C(NC1CC(C)(C)N(O)C(C)(C)C1)[C@@H](CC(=O)[C@H](CCCNC(=O)OCc1ccccc1)NC(=O)[C@@H](CC(=O)[C@@H]1CCCN1C(=O)[C@H](C)Cc1ccccc1)C(C)C)CC(C)C. The van der Waals surface area contributed by atoms with Crippen molar-refractivity contribution in [3.8, 4) is 0 Å². The summed E-state index contributed by atoms with van der Waals surface area (Å²) in [5.41, 5.74) is 1.74. The monoisotopic (exact) mass is 872 g/mol. The molecule has 0 aromatic heterocycles. The van der Waals surface area contributed by atoms with Crippen molar-refractivity contribution in [1.29, 1.82) is 0 Å². The molecule has 0 unspecified atom stereocenters. The Kier molecular flexibility index (Phi) is 19.0. The number of amides is 3. The second-order valence-electron chi connectivity index (χ2n) is 20.2. The first-order chi connectivity index (χ1) is 29.7. The number of nitrogens with one attached hydrogen (secondary N) is 3. The van der Waals surface area contributed by atoms with Crippen molar-refractivity contribution in [1.82, 2.24) is 25.9 Å². The third-order valence-corrected chi connectivity index (χ3v) is 12.9. The van der Waals surface area contributed by atoms with Gasteiger partial charge in [0.1, 0.15) is 6.61 Å². The number of likely N-dealkylation sites (tertiary alicyclic amines) is 1. The Bertz CT molecular complexity index is 1810. The second kappa shape index (κ2) is 23.4. The van der Waals surface area contributed by atoms with Gasteiger partial charge in [0.25, 0.3) is 0 Å². The van der Waals surface area contributed by atoms with Crippen LogP contribution in [-0.2, 0) is 36.9 Å². The lowest BCUT2D eigenvalue weighted by Gasteiger charge is -2.52. The fourth-order valence-corrected chi connectivity index (χ4v) is 9.61. The smallest absolute Gasteiger partial charge is 0.407 e. The first-order valence-electron chi connectivity index (χ1n) is 23.3. The number of piperidine rings is 1. The fourth-order valence-electron chi connectivity index (χ4n) is 9.61. The quantitative estimate of drug-likeness (QED) is 0.0806. The van der Waals surface area contributed by atoms with Gasteiger partial charge < -0.3 is 30.8 Å². The Labute approximate surface area is 377 Å². The van der Waals surface area contributed by atoms with E-state index < -0.39 is 35.2 Å². The molecule has 0 spiro atoms. The summed E-state index contributed by atoms with van der Waals surface area (Å²) in [6.07, 6.45) is 4.09. The minimum absolute atomic E-state index is 0.0291. The van der Waals surface area contributed by atoms with E-state index in [1.807, 2.05) is 109 Å². The Balaban J connectivity index is 1.47. The van der Waals surface area contributed by atoms with E-state index in [2.05, 4.69) is 36.4 Å². The molecule has 3 amide bonds. The Morgan fingerprint density at radius 3 is 2.06 bits per heavy atom. The summed E-state index contributed by atoms with van der Waals surface area (Å²) < 4.78 is 5.38. The molecule has 0 aliphatic carbocycles. The average molecular weight is 872 g/mol. The standard InChI is InChI=1S/C51H77N5O7/c1-34(2)27-40(37(6)53-41-31-50(7,8)56(62)51(9,10)32-41)29-45(57)43(23-17-25-52-49(61)63-33-39-21-15-12-16-22-39)54-47(59)42(35(3)4)30-46(58)44-24-18-26-55(44)48(60)36(5)28-38-19-13-11-14-20-38/h11-16,19-22,34-36,40-44,53,62H,6,17-18,23-33H2,1-5,7-10H3,(H,52,61)(H,54,59)/t36-,40-,42+,43+,44+/m1/s1. The third-order valence-electron chi connectivity index (χ3n) is 12.9. The van der Waals surface area contributed by atoms with Gasteiger partial charge in [0.05, 0.1) is 12.1 Å². The highest BCUT2D eigenvalue weighted by atomic mass is 16.5. The molecule has 2 aromatic carbocycles. The molecule has 4 N–H and O–H groups in total. The summed E-state index contributed by atoms with van der Waals surface area (Å²) in [6.45, 7) is 23.3. The molecule has 0 radical (unpaired) electrons. The summed E-state index contributed by atoms with van der Waals surface area (Å²) >= 11 is 0. The number of rotatable bonds is 23. The number of Topliss-reactive ketones (excluding diaryl/α,β-unsaturated/α-hetero) is 2. The predicted molar refractivity (Wildman–Crippen MR) is 247 cm³/mol. The molecule has 63 heavy (non-hydrogen) atoms. The fraction of sp³-hybridized carbons (Fsp3) is 0.627. The topological polar surface area (TPSA) is 157 Å². The first-order valence-corrected chi connectivity index (χ1v) is 23.3. The van der Waals surface area contributed by atoms with Crippen LogP contribution in [0.15, 0.2) is 72.9 Å². The van der Waals surface area contributed by atoms with Crippen LogP contribution in [-0.4, -0.2) is 86.9 Å². The number of carbonyl (C=O) groups is 5. The van der Waals surface area contributed by atoms with Gasteiger partial charge in [-0.1, -0.05) is 102 Å². The van der Waals surface area contributed by atoms with Gasteiger partial charge in [0.15, 0.2) is 11.6 Å². The van der Waals surface area contributed by atoms with Crippen molar-refractivity contribution < 1.29 is 33.9 Å². The maximum atomic E-state index is 14.5. The van der Waals surface area contributed by atoms with E-state index in [9.17, 15) is 29.2 Å². The zero-order valence-electron chi connectivity index (χ0n) is 39.6. The van der Waals surface area contributed by atoms with Crippen LogP contribution in [0.2, 0.25) is 0 Å². The number of ketones is 2. The van der Waals surface area contributed by atoms with Crippen LogP contribution in [0.3, 0.4) is 0 Å². The van der Waals surface area contributed by atoms with Crippen molar-refractivity contribution in [2.45, 2.75) is 162 Å². The number of hydroxylamine groups is 2. The highest BCUT2D eigenvalue weighted by Gasteiger charge is 2.45. The molecule has 2 aromatic rings. The van der Waals surface area contributed by atoms with E-state index >= 15 is 0 Å². The van der Waals surface area contributed by atoms with E-state index in [4.69, 9.17) is 4.74 Å². The number of ether oxygens (including phenoxy) is 1. The third kappa shape index (κ3) is 15.3. The van der Waals surface area contributed by atoms with E-state index in [1.165, 1.54) is 5.06 Å². The molecule has 2 heterocycles. The lowest BCUT2D eigenvalue weighted by molar-refractivity contribution is -0.245. The van der Waals surface area contributed by atoms with Gasteiger partial charge in [-0.3, -0.25) is 19.2 Å². The molecule has 12 nitrogen and oxygen atoms in total. The van der Waals surface area contributed by atoms with Crippen LogP contribution in [0.1, 0.15) is 131 Å². The zero-order chi connectivity index (χ0) is 46.5. The summed E-state index contributed by atoms with van der Waals surface area (Å²) in [6, 6.07) is 17.8. The van der Waals surface area contributed by atoms with Gasteiger partial charge in [0, 0.05) is 66.5 Å². The molecule has 0 saturated carbocycles. The van der Waals surface area contributed by atoms with E-state index in [0.717, 1.165) is 23.2 Å². The second-order valence-corrected chi connectivity index (χ2v) is 20.2. The van der Waals surface area contributed by atoms with E-state index in [0.29, 0.717) is 45.1 Å². The average Bonchev–Trinajstić information content (AvgIpc) is 3.72. The molecular weight excluding hydrogens is 795 g/mol. The van der Waals surface area contributed by atoms with Gasteiger partial charge in [-0.05, 0) is 102 Å². The molecule has 2 aliphatic rings. The predicted octanol–water partition coefficient (Wildman–Crippen LogP) is 8.41. The van der Waals surface area contributed by atoms with Gasteiger partial charge in [-0.2, -0.15) is 5.06 Å². The van der Waals surface area contributed by atoms with Crippen molar-refractivity contribution in [2.75, 3.05) is 13.1 Å². The first kappa shape index (κ1) is 51.1. The highest BCUT2D eigenvalue weighted by Crippen LogP contribution is 2.38. The van der Waals surface area contributed by atoms with Crippen LogP contribution in [0.25, 0.3) is 0 Å². The molecule has 2 aliphatic heterocycles. The Morgan fingerprint density at radius 2 is 1.48 bits per heavy atom. The normalized spacial score (nSPS) is 19.5. The molecule has 2 fully saturated rings. The van der Waals surface area contributed by atoms with Crippen molar-refractivity contribution in [2.24, 2.45) is 29.6 Å². The number of allylic oxidation sites excluding steroid dienone is 1. The Morgan fingerprint density at radius 1 is 0.873 bits per heavy atom. The summed E-state index contributed by atoms with van der Waals surface area (Å²) in [5, 5.41) is 21.8. The van der Waals surface area contributed by atoms with Crippen LogP contribution in [0.4, 0.5) is 4.79 Å². The molecule has 12 heteroatoms. The zero-order valence-corrected chi connectivity index (χ0v) is 39.6. The molecule has 2 saturated heterocycles. The van der Waals surface area contributed by atoms with Gasteiger partial charge >= 0.3 is 6.09 Å². The number of alkyl carbamates (subject to hydrolysis) is 1. The van der Waals surface area contributed by atoms with Gasteiger partial charge in [-0.25, -0.2) is 4.79 Å². The van der Waals surface area contributed by atoms with Crippen molar-refractivity contribution in [3.63, 3.8) is 0 Å². The largest absolute Gasteiger partial charge is 0.445 e. The molecular formula is C51H77N5O7. The van der Waals surface area contributed by atoms with Crippen LogP contribution < -0.4 is 16.0 Å². The molecule has 0 bridgehead atoms. The van der Waals surface area contributed by atoms with Crippen LogP contribution >= 0.6 is 0 Å². The number of carbonyl (C=O) groups excluding carboxylic acids is 5. The number of hydrogen-bond donors (Lipinski definition) is 4. The van der Waals surface area contributed by atoms with E-state index in [-0.39, 0.29) is 85.5 Å². The van der Waals surface area contributed by atoms with Gasteiger partial charge in [-0.15, -0.1) is 0 Å². The van der Waals surface area contributed by atoms with Crippen LogP contribution in [0, 0.1) is 29.6 Å². The number of hydrogen-bond acceptors (Lipinski definition) is 9. The summed E-state index contributed by atoms with van der Waals surface area (Å²) in [7, 11) is 0. The van der Waals surface area contributed by atoms with Crippen molar-refractivity contribution in [3.05, 3.63) is 84.1 Å². The summed E-state index contributed by atoms with van der Waals surface area (Å²) in [5.74, 6) is -1.92. The lowest BCUT2D eigenvalue weighted by Crippen LogP contribution is -2.62.